The minimum absolute atomic E-state index is 0.0899. The van der Waals surface area contributed by atoms with Crippen LogP contribution in [0.25, 0.3) is 0 Å². The zero-order chi connectivity index (χ0) is 57.1. The van der Waals surface area contributed by atoms with Crippen molar-refractivity contribution >= 4 is 145 Å². The van der Waals surface area contributed by atoms with Crippen molar-refractivity contribution < 1.29 is 91.8 Å². The van der Waals surface area contributed by atoms with Gasteiger partial charge >= 0.3 is 78.4 Å². The zero-order valence-corrected chi connectivity index (χ0v) is 65.8. The Labute approximate surface area is 467 Å². The molecule has 6 aliphatic heterocycles. The van der Waals surface area contributed by atoms with E-state index in [1.807, 2.05) is 153 Å². The number of ether oxygens (including phenoxy) is 1. The molecule has 6 rings (SSSR count). The molecule has 0 aromatic rings. The molecule has 0 aromatic carbocycles. The van der Waals surface area contributed by atoms with Crippen LogP contribution in [-0.4, -0.2) is 151 Å². The lowest BCUT2D eigenvalue weighted by Crippen LogP contribution is -2.93. The Morgan fingerprint density at radius 1 is 0.333 bits per heavy atom. The highest BCUT2D eigenvalue weighted by molar-refractivity contribution is 7.04. The highest BCUT2D eigenvalue weighted by Crippen LogP contribution is 2.54. The maximum atomic E-state index is 12.6. The van der Waals surface area contributed by atoms with E-state index in [0.29, 0.717) is 60.3 Å². The van der Waals surface area contributed by atoms with E-state index in [-0.39, 0.29) is 6.61 Å². The molecule has 0 amide bonds. The number of hydrogen-bond acceptors (Lipinski definition) is 22. The number of rotatable bonds is 28. The molecule has 0 N–H and O–H groups in total. The number of carbonyl (C=O) groups excluding carboxylic acids is 1. The van der Waals surface area contributed by atoms with Crippen molar-refractivity contribution in [1.82, 2.24) is 0 Å². The molecule has 0 saturated carbocycles. The summed E-state index contributed by atoms with van der Waals surface area (Å²) in [6.07, 6.45) is 0.399. The van der Waals surface area contributed by atoms with Crippen LogP contribution < -0.4 is 0 Å². The molecule has 0 unspecified atom stereocenters. The van der Waals surface area contributed by atoms with Crippen molar-refractivity contribution in [3.63, 3.8) is 0 Å². The van der Waals surface area contributed by atoms with Crippen LogP contribution in [0.4, 0.5) is 0 Å². The van der Waals surface area contributed by atoms with Crippen LogP contribution in [0.5, 0.6) is 0 Å². The fourth-order valence-corrected chi connectivity index (χ4v) is 74.7. The van der Waals surface area contributed by atoms with E-state index in [4.69, 9.17) is 87.0 Å². The van der Waals surface area contributed by atoms with Gasteiger partial charge in [-0.1, -0.05) is 55.0 Å². The van der Waals surface area contributed by atoms with Gasteiger partial charge in [0.15, 0.2) is 66.5 Å². The molecule has 0 atom stereocenters. The second kappa shape index (κ2) is 23.4. The summed E-state index contributed by atoms with van der Waals surface area (Å²) in [4.78, 5) is 12.6. The fraction of sp³-hybridized carbons (Fsp3) is 0.919. The van der Waals surface area contributed by atoms with E-state index in [9.17, 15) is 4.79 Å². The van der Waals surface area contributed by atoms with Crippen LogP contribution in [0.1, 0.15) is 61.8 Å². The summed E-state index contributed by atoms with van der Waals surface area (Å²) in [5.41, 5.74) is 0.291. The molecule has 6 aliphatic rings. The van der Waals surface area contributed by atoms with Gasteiger partial charge in [0.05, 0.1) is 6.61 Å². The Hall–Kier alpha value is 1.88. The number of carbonyl (C=O) groups is 1. The Kier molecular flexibility index (Phi) is 21.1. The summed E-state index contributed by atoms with van der Waals surface area (Å²) in [7, 11) is -65.7. The summed E-state index contributed by atoms with van der Waals surface area (Å²) in [5, 5.41) is 0. The van der Waals surface area contributed by atoms with Crippen LogP contribution in [0.2, 0.25) is 153 Å². The second-order valence-electron chi connectivity index (χ2n) is 24.6. The third kappa shape index (κ3) is 17.3. The van der Waals surface area contributed by atoms with Gasteiger partial charge in [-0.2, -0.15) is 0 Å². The summed E-state index contributed by atoms with van der Waals surface area (Å²) in [5.74, 6) is -0.495. The lowest BCUT2D eigenvalue weighted by molar-refractivity contribution is -0.139. The molecule has 38 heteroatoms. The van der Waals surface area contributed by atoms with Gasteiger partial charge in [-0.05, 0) is 166 Å². The fourth-order valence-electron chi connectivity index (χ4n) is 6.89. The third-order valence-electron chi connectivity index (χ3n) is 13.7. The molecule has 8 bridgehead atoms. The first-order chi connectivity index (χ1) is 33.9. The molecule has 0 aromatic heterocycles. The minimum Gasteiger partial charge on any atom is -0.462 e. The highest BCUT2D eigenvalue weighted by Gasteiger charge is 2.92. The first-order valence-corrected chi connectivity index (χ1v) is 64.7. The molecule has 75 heavy (non-hydrogen) atoms. The van der Waals surface area contributed by atoms with E-state index in [1.165, 1.54) is 0 Å². The summed E-state index contributed by atoms with van der Waals surface area (Å²) in [6, 6.07) is 4.36. The highest BCUT2D eigenvalue weighted by atomic mass is 28.7. The molecule has 6 heterocycles. The van der Waals surface area contributed by atoms with Crippen molar-refractivity contribution in [2.45, 2.75) is 215 Å². The van der Waals surface area contributed by atoms with Crippen molar-refractivity contribution in [3.05, 3.63) is 12.2 Å². The van der Waals surface area contributed by atoms with E-state index in [2.05, 4.69) is 6.58 Å². The molecule has 0 spiro atoms. The van der Waals surface area contributed by atoms with E-state index >= 15 is 0 Å². The van der Waals surface area contributed by atoms with Crippen LogP contribution in [0.3, 0.4) is 0 Å². The van der Waals surface area contributed by atoms with Gasteiger partial charge in [0.1, 0.15) is 0 Å². The molecular weight excluding hydrogens is 1250 g/mol. The first-order valence-electron chi connectivity index (χ1n) is 26.7. The Bertz CT molecular complexity index is 1850. The molecule has 0 aliphatic carbocycles. The van der Waals surface area contributed by atoms with Gasteiger partial charge in [0.25, 0.3) is 0 Å². The van der Waals surface area contributed by atoms with Gasteiger partial charge < -0.3 is 87.0 Å². The molecule has 0 radical (unpaired) electrons. The van der Waals surface area contributed by atoms with Crippen molar-refractivity contribution in [2.24, 2.45) is 0 Å². The van der Waals surface area contributed by atoms with Crippen molar-refractivity contribution in [1.29, 1.82) is 0 Å². The normalized spacial score (nSPS) is 33.9. The number of hydrogen-bond donors (Lipinski definition) is 0. The number of esters is 1. The second-order valence-corrected chi connectivity index (χ2v) is 82.5. The lowest BCUT2D eigenvalue weighted by Gasteiger charge is -2.61. The maximum absolute atomic E-state index is 12.6. The Balaban J connectivity index is 2.08. The van der Waals surface area contributed by atoms with E-state index in [0.717, 1.165) is 0 Å². The van der Waals surface area contributed by atoms with Crippen LogP contribution in [-0.2, 0) is 91.8 Å². The van der Waals surface area contributed by atoms with Crippen LogP contribution >= 0.6 is 0 Å². The summed E-state index contributed by atoms with van der Waals surface area (Å²) < 4.78 is 158. The zero-order valence-electron chi connectivity index (χ0n) is 49.8. The maximum Gasteiger partial charge on any atom is 0.651 e. The third-order valence-corrected chi connectivity index (χ3v) is 76.8. The predicted molar refractivity (Wildman–Crippen MR) is 316 cm³/mol. The predicted octanol–water partition coefficient (Wildman–Crippen LogP) is 10.2. The van der Waals surface area contributed by atoms with E-state index in [1.54, 1.807) is 6.92 Å². The summed E-state index contributed by atoms with van der Waals surface area (Å²) >= 11 is 0. The molecular formula is C37H94O22Si16. The van der Waals surface area contributed by atoms with Gasteiger partial charge in [0.2, 0.25) is 0 Å². The Morgan fingerprint density at radius 3 is 0.640 bits per heavy atom. The van der Waals surface area contributed by atoms with Gasteiger partial charge in [-0.3, -0.25) is 0 Å². The molecule has 6 saturated heterocycles. The average molecular weight is 1340 g/mol. The lowest BCUT2D eigenvalue weighted by atomic mass is 10.4. The largest absolute Gasteiger partial charge is 0.651 e. The van der Waals surface area contributed by atoms with Gasteiger partial charge in [-0.25, -0.2) is 4.79 Å². The minimum atomic E-state index is -5.29. The summed E-state index contributed by atoms with van der Waals surface area (Å²) in [6.45, 7) is 51.9. The van der Waals surface area contributed by atoms with Crippen LogP contribution in [0.15, 0.2) is 12.2 Å². The molecule has 22 nitrogen and oxygen atoms in total. The molecule has 438 valence electrons. The van der Waals surface area contributed by atoms with Crippen LogP contribution in [0, 0.1) is 0 Å². The van der Waals surface area contributed by atoms with Crippen molar-refractivity contribution in [2.75, 3.05) is 6.61 Å². The quantitative estimate of drug-likeness (QED) is 0.0309. The Morgan fingerprint density at radius 2 is 0.493 bits per heavy atom. The smallest absolute Gasteiger partial charge is 0.462 e. The first kappa shape index (κ1) is 67.7. The average Bonchev–Trinajstić information content (AvgIpc) is 3.20. The van der Waals surface area contributed by atoms with Gasteiger partial charge in [-0.15, -0.1) is 0 Å². The van der Waals surface area contributed by atoms with E-state index < -0.39 is 145 Å². The monoisotopic (exact) mass is 1340 g/mol. The van der Waals surface area contributed by atoms with Crippen molar-refractivity contribution in [3.8, 4) is 0 Å². The molecule has 6 fully saturated rings. The SMILES string of the molecule is C=C(C)C(=O)OCCC[Si](C)(C)O[Si]12O[Si]3(O[Si](C)(C)CC)O[Si]4(O[Si](C)(C)CC)O[Si]5(O[Si](C)(C)CC)O[Si](O[Si](C)(C)CC)(O3)O[Si](O[Si](C)(C)CC)(O[Si](O[Si](C)(C)CC)(O5)O[Si](O[Si](C)(C)CC)(O4)O1)O2. The standard InChI is InChI=1S/C37H94O22Si16/c1-26-60(10,11)40-68-48-69(41-61(12,13)27-2)51-72(44-64(18,19)30-5)53-70(49-68,42-62(14,15)28-3)55-74(46-66(22,23)32-7)56-71(50-68,43-63(16,17)29-4)54-73(52-69,45-65(20,21)31-6)58-75(57-72,59-74)47-67(24,25)35-33-34-39-37(38)36(8)9/h8,26-35H2,1-7,9-25H3. The topological polar surface area (TPSA) is 211 Å². The van der Waals surface area contributed by atoms with Gasteiger partial charge in [0, 0.05) is 5.57 Å².